The molecular formula is C24H42N2O2. The van der Waals surface area contributed by atoms with E-state index in [2.05, 4.69) is 41.4 Å². The number of unbranched alkanes of at least 4 members (excludes halogenated alkanes) is 7. The molecule has 1 aromatic carbocycles. The van der Waals surface area contributed by atoms with Crippen LogP contribution in [0.2, 0.25) is 0 Å². The van der Waals surface area contributed by atoms with Gasteiger partial charge in [0.25, 0.3) is 0 Å². The average Bonchev–Trinajstić information content (AvgIpc) is 2.74. The zero-order valence-electron chi connectivity index (χ0n) is 18.1. The molecule has 28 heavy (non-hydrogen) atoms. The number of rotatable bonds is 16. The van der Waals surface area contributed by atoms with Gasteiger partial charge in [-0.3, -0.25) is 4.90 Å². The largest absolute Gasteiger partial charge is 0.493 e. The summed E-state index contributed by atoms with van der Waals surface area (Å²) in [5.74, 6) is 1.05. The van der Waals surface area contributed by atoms with Crippen molar-refractivity contribution in [3.05, 3.63) is 29.8 Å². The predicted molar refractivity (Wildman–Crippen MR) is 118 cm³/mol. The molecule has 0 amide bonds. The molecule has 1 aliphatic heterocycles. The van der Waals surface area contributed by atoms with Crippen molar-refractivity contribution in [2.45, 2.75) is 71.3 Å². The summed E-state index contributed by atoms with van der Waals surface area (Å²) in [6.07, 6.45) is 11.9. The third kappa shape index (κ3) is 10.4. The molecule has 1 heterocycles. The van der Waals surface area contributed by atoms with Crippen molar-refractivity contribution in [3.63, 3.8) is 0 Å². The monoisotopic (exact) mass is 390 g/mol. The van der Waals surface area contributed by atoms with E-state index in [0.717, 1.165) is 64.7 Å². The summed E-state index contributed by atoms with van der Waals surface area (Å²) < 4.78 is 11.5. The fraction of sp³-hybridized carbons (Fsp3) is 0.750. The first-order valence-electron chi connectivity index (χ1n) is 11.6. The Morgan fingerprint density at radius 1 is 0.929 bits per heavy atom. The lowest BCUT2D eigenvalue weighted by Crippen LogP contribution is -2.37. The van der Waals surface area contributed by atoms with Crippen LogP contribution in [0.5, 0.6) is 5.75 Å². The maximum absolute atomic E-state index is 6.07. The summed E-state index contributed by atoms with van der Waals surface area (Å²) in [5, 5.41) is 3.58. The van der Waals surface area contributed by atoms with E-state index in [0.29, 0.717) is 0 Å². The van der Waals surface area contributed by atoms with Crippen LogP contribution in [0.3, 0.4) is 0 Å². The Bertz CT molecular complexity index is 489. The molecule has 0 unspecified atom stereocenters. The van der Waals surface area contributed by atoms with Gasteiger partial charge in [-0.25, -0.2) is 0 Å². The molecule has 0 aliphatic carbocycles. The molecule has 0 aromatic heterocycles. The molecule has 1 N–H and O–H groups in total. The van der Waals surface area contributed by atoms with Crippen molar-refractivity contribution in [2.75, 3.05) is 46.0 Å². The molecule has 1 aliphatic rings. The van der Waals surface area contributed by atoms with Crippen LogP contribution in [-0.4, -0.2) is 50.9 Å². The number of morpholine rings is 1. The summed E-state index contributed by atoms with van der Waals surface area (Å²) in [7, 11) is 0. The summed E-state index contributed by atoms with van der Waals surface area (Å²) in [6.45, 7) is 10.1. The van der Waals surface area contributed by atoms with E-state index in [-0.39, 0.29) is 0 Å². The smallest absolute Gasteiger partial charge is 0.123 e. The Hall–Kier alpha value is -1.10. The van der Waals surface area contributed by atoms with Gasteiger partial charge in [0.05, 0.1) is 19.8 Å². The Balaban J connectivity index is 1.52. The number of benzene rings is 1. The lowest BCUT2D eigenvalue weighted by molar-refractivity contribution is 0.0374. The van der Waals surface area contributed by atoms with Gasteiger partial charge in [-0.05, 0) is 32.0 Å². The lowest BCUT2D eigenvalue weighted by Gasteiger charge is -2.26. The van der Waals surface area contributed by atoms with Crippen molar-refractivity contribution in [1.82, 2.24) is 10.2 Å². The minimum atomic E-state index is 0.836. The number of ether oxygens (including phenoxy) is 2. The SMILES string of the molecule is CCCCCCCCCCOc1ccccc1CNCCCN1CCOCC1. The molecule has 2 rings (SSSR count). The Kier molecular flexibility index (Phi) is 13.1. The summed E-state index contributed by atoms with van der Waals surface area (Å²) >= 11 is 0. The lowest BCUT2D eigenvalue weighted by atomic mass is 10.1. The number of hydrogen-bond acceptors (Lipinski definition) is 4. The van der Waals surface area contributed by atoms with Gasteiger partial charge in [0.15, 0.2) is 0 Å². The quantitative estimate of drug-likeness (QED) is 0.402. The Labute approximate surface area is 173 Å². The first kappa shape index (κ1) is 23.2. The van der Waals surface area contributed by atoms with Gasteiger partial charge in [-0.2, -0.15) is 0 Å². The van der Waals surface area contributed by atoms with E-state index in [1.54, 1.807) is 0 Å². The van der Waals surface area contributed by atoms with Gasteiger partial charge in [0, 0.05) is 25.2 Å². The highest BCUT2D eigenvalue weighted by atomic mass is 16.5. The summed E-state index contributed by atoms with van der Waals surface area (Å²) in [6, 6.07) is 8.46. The van der Waals surface area contributed by atoms with Crippen molar-refractivity contribution in [2.24, 2.45) is 0 Å². The first-order chi connectivity index (χ1) is 13.9. The first-order valence-corrected chi connectivity index (χ1v) is 11.6. The highest BCUT2D eigenvalue weighted by molar-refractivity contribution is 5.33. The number of nitrogens with one attached hydrogen (secondary N) is 1. The molecule has 1 aromatic rings. The van der Waals surface area contributed by atoms with E-state index in [9.17, 15) is 0 Å². The van der Waals surface area contributed by atoms with Gasteiger partial charge >= 0.3 is 0 Å². The van der Waals surface area contributed by atoms with Crippen molar-refractivity contribution < 1.29 is 9.47 Å². The Morgan fingerprint density at radius 3 is 2.43 bits per heavy atom. The summed E-state index contributed by atoms with van der Waals surface area (Å²) in [4.78, 5) is 2.49. The molecule has 160 valence electrons. The maximum atomic E-state index is 6.07. The van der Waals surface area contributed by atoms with Crippen LogP contribution in [0.15, 0.2) is 24.3 Å². The van der Waals surface area contributed by atoms with Gasteiger partial charge in [0.1, 0.15) is 5.75 Å². The number of nitrogens with zero attached hydrogens (tertiary/aromatic N) is 1. The molecular weight excluding hydrogens is 348 g/mol. The van der Waals surface area contributed by atoms with E-state index in [1.807, 2.05) is 0 Å². The molecule has 0 bridgehead atoms. The number of para-hydroxylation sites is 1. The highest BCUT2D eigenvalue weighted by Crippen LogP contribution is 2.18. The minimum absolute atomic E-state index is 0.836. The van der Waals surface area contributed by atoms with Gasteiger partial charge in [-0.1, -0.05) is 70.1 Å². The van der Waals surface area contributed by atoms with Crippen LogP contribution < -0.4 is 10.1 Å². The van der Waals surface area contributed by atoms with E-state index < -0.39 is 0 Å². The fourth-order valence-corrected chi connectivity index (χ4v) is 3.68. The van der Waals surface area contributed by atoms with E-state index in [4.69, 9.17) is 9.47 Å². The molecule has 1 fully saturated rings. The maximum Gasteiger partial charge on any atom is 0.123 e. The van der Waals surface area contributed by atoms with Crippen LogP contribution in [0.1, 0.15) is 70.3 Å². The normalized spacial score (nSPS) is 15.0. The van der Waals surface area contributed by atoms with Crippen LogP contribution in [0.25, 0.3) is 0 Å². The predicted octanol–water partition coefficient (Wildman–Crippen LogP) is 5.02. The third-order valence-corrected chi connectivity index (χ3v) is 5.48. The second-order valence-electron chi connectivity index (χ2n) is 7.92. The van der Waals surface area contributed by atoms with Crippen LogP contribution >= 0.6 is 0 Å². The average molecular weight is 391 g/mol. The van der Waals surface area contributed by atoms with E-state index >= 15 is 0 Å². The van der Waals surface area contributed by atoms with Crippen molar-refractivity contribution >= 4 is 0 Å². The molecule has 1 saturated heterocycles. The van der Waals surface area contributed by atoms with Crippen LogP contribution in [0, 0.1) is 0 Å². The molecule has 0 spiro atoms. The molecule has 0 radical (unpaired) electrons. The van der Waals surface area contributed by atoms with Crippen LogP contribution in [0.4, 0.5) is 0 Å². The Morgan fingerprint density at radius 2 is 1.64 bits per heavy atom. The zero-order valence-corrected chi connectivity index (χ0v) is 18.1. The van der Waals surface area contributed by atoms with Crippen LogP contribution in [-0.2, 0) is 11.3 Å². The minimum Gasteiger partial charge on any atom is -0.493 e. The topological polar surface area (TPSA) is 33.7 Å². The van der Waals surface area contributed by atoms with Gasteiger partial charge in [0.2, 0.25) is 0 Å². The third-order valence-electron chi connectivity index (χ3n) is 5.48. The van der Waals surface area contributed by atoms with Crippen molar-refractivity contribution in [3.8, 4) is 5.75 Å². The number of hydrogen-bond donors (Lipinski definition) is 1. The highest BCUT2D eigenvalue weighted by Gasteiger charge is 2.09. The second kappa shape index (κ2) is 15.8. The molecule has 4 nitrogen and oxygen atoms in total. The molecule has 4 heteroatoms. The standard InChI is InChI=1S/C24H42N2O2/c1-2-3-4-5-6-7-8-11-19-28-24-14-10-9-13-23(24)22-25-15-12-16-26-17-20-27-21-18-26/h9-10,13-14,25H,2-8,11-12,15-22H2,1H3. The molecule has 0 atom stereocenters. The fourth-order valence-electron chi connectivity index (χ4n) is 3.68. The van der Waals surface area contributed by atoms with Gasteiger partial charge < -0.3 is 14.8 Å². The molecule has 0 saturated carbocycles. The van der Waals surface area contributed by atoms with E-state index in [1.165, 1.54) is 56.9 Å². The second-order valence-corrected chi connectivity index (χ2v) is 7.92. The summed E-state index contributed by atoms with van der Waals surface area (Å²) in [5.41, 5.74) is 1.27. The van der Waals surface area contributed by atoms with Gasteiger partial charge in [-0.15, -0.1) is 0 Å². The zero-order chi connectivity index (χ0) is 19.7. The van der Waals surface area contributed by atoms with Crippen molar-refractivity contribution in [1.29, 1.82) is 0 Å².